The van der Waals surface area contributed by atoms with Gasteiger partial charge in [-0.25, -0.2) is 9.97 Å². The number of nitrogens with two attached hydrogens (primary N) is 1. The van der Waals surface area contributed by atoms with E-state index in [0.29, 0.717) is 5.82 Å². The maximum atomic E-state index is 12.2. The lowest BCUT2D eigenvalue weighted by molar-refractivity contribution is -0.123. The molecule has 2 atom stereocenters. The first kappa shape index (κ1) is 16.8. The van der Waals surface area contributed by atoms with Crippen LogP contribution in [0, 0.1) is 5.92 Å². The molecule has 7 heteroatoms. The van der Waals surface area contributed by atoms with Gasteiger partial charge in [0.1, 0.15) is 16.6 Å². The SMILES string of the molecule is COc1ccccc1N1CCCC(C(N)=O)C1c1ncc2ccsc2n1. The Balaban J connectivity index is 1.84. The predicted octanol–water partition coefficient (Wildman–Crippen LogP) is 3.14. The lowest BCUT2D eigenvalue weighted by atomic mass is 9.87. The van der Waals surface area contributed by atoms with Crippen LogP contribution in [0.15, 0.2) is 41.9 Å². The Labute approximate surface area is 155 Å². The summed E-state index contributed by atoms with van der Waals surface area (Å²) in [7, 11) is 1.65. The molecule has 0 spiro atoms. The lowest BCUT2D eigenvalue weighted by Gasteiger charge is -2.41. The van der Waals surface area contributed by atoms with Crippen LogP contribution in [0.2, 0.25) is 0 Å². The summed E-state index contributed by atoms with van der Waals surface area (Å²) < 4.78 is 5.54. The molecule has 1 aliphatic heterocycles. The Morgan fingerprint density at radius 3 is 3.00 bits per heavy atom. The van der Waals surface area contributed by atoms with E-state index in [1.54, 1.807) is 18.4 Å². The average Bonchev–Trinajstić information content (AvgIpc) is 3.15. The standard InChI is InChI=1S/C19H20N4O2S/c1-25-15-7-3-2-6-14(15)23-9-4-5-13(17(20)24)16(23)18-21-11-12-8-10-26-19(12)22-18/h2-3,6-8,10-11,13,16H,4-5,9H2,1H3,(H2,20,24). The van der Waals surface area contributed by atoms with Gasteiger partial charge in [0.25, 0.3) is 0 Å². The van der Waals surface area contributed by atoms with E-state index in [2.05, 4.69) is 9.88 Å². The van der Waals surface area contributed by atoms with Gasteiger partial charge in [-0.15, -0.1) is 11.3 Å². The topological polar surface area (TPSA) is 81.3 Å². The summed E-state index contributed by atoms with van der Waals surface area (Å²) in [6, 6.07) is 9.51. The van der Waals surface area contributed by atoms with Crippen molar-refractivity contribution < 1.29 is 9.53 Å². The number of fused-ring (bicyclic) bond motifs is 1. The highest BCUT2D eigenvalue weighted by Crippen LogP contribution is 2.41. The maximum absolute atomic E-state index is 12.2. The van der Waals surface area contributed by atoms with E-state index in [-0.39, 0.29) is 17.9 Å². The molecule has 0 saturated carbocycles. The van der Waals surface area contributed by atoms with Crippen molar-refractivity contribution in [3.63, 3.8) is 0 Å². The van der Waals surface area contributed by atoms with E-state index in [4.69, 9.17) is 15.5 Å². The molecule has 1 saturated heterocycles. The second-order valence-corrected chi connectivity index (χ2v) is 7.27. The summed E-state index contributed by atoms with van der Waals surface area (Å²) in [6.07, 6.45) is 3.43. The van der Waals surface area contributed by atoms with Crippen molar-refractivity contribution in [1.82, 2.24) is 9.97 Å². The largest absolute Gasteiger partial charge is 0.495 e. The van der Waals surface area contributed by atoms with E-state index >= 15 is 0 Å². The highest BCUT2D eigenvalue weighted by atomic mass is 32.1. The summed E-state index contributed by atoms with van der Waals surface area (Å²) in [6.45, 7) is 0.792. The molecule has 26 heavy (non-hydrogen) atoms. The van der Waals surface area contributed by atoms with E-state index < -0.39 is 0 Å². The number of methoxy groups -OCH3 is 1. The van der Waals surface area contributed by atoms with Crippen LogP contribution in [0.4, 0.5) is 5.69 Å². The molecule has 1 amide bonds. The number of primary amides is 1. The molecule has 0 radical (unpaired) electrons. The number of carbonyl (C=O) groups excluding carboxylic acids is 1. The van der Waals surface area contributed by atoms with Crippen molar-refractivity contribution in [2.24, 2.45) is 11.7 Å². The predicted molar refractivity (Wildman–Crippen MR) is 102 cm³/mol. The van der Waals surface area contributed by atoms with Crippen molar-refractivity contribution in [2.75, 3.05) is 18.6 Å². The fourth-order valence-corrected chi connectivity index (χ4v) is 4.41. The second-order valence-electron chi connectivity index (χ2n) is 6.37. The zero-order chi connectivity index (χ0) is 18.1. The third-order valence-electron chi connectivity index (χ3n) is 4.88. The zero-order valence-corrected chi connectivity index (χ0v) is 15.3. The van der Waals surface area contributed by atoms with E-state index in [1.165, 1.54) is 0 Å². The normalized spacial score (nSPS) is 20.3. The molecule has 4 rings (SSSR count). The molecule has 0 aliphatic carbocycles. The molecule has 0 bridgehead atoms. The second kappa shape index (κ2) is 6.92. The number of hydrogen-bond donors (Lipinski definition) is 1. The Bertz CT molecular complexity index is 942. The van der Waals surface area contributed by atoms with Crippen molar-refractivity contribution >= 4 is 33.1 Å². The van der Waals surface area contributed by atoms with Gasteiger partial charge in [-0.3, -0.25) is 4.79 Å². The van der Waals surface area contributed by atoms with Crippen LogP contribution in [0.3, 0.4) is 0 Å². The first-order chi connectivity index (χ1) is 12.7. The van der Waals surface area contributed by atoms with Crippen LogP contribution in [-0.4, -0.2) is 29.5 Å². The Hall–Kier alpha value is -2.67. The number of rotatable bonds is 4. The number of nitrogens with zero attached hydrogens (tertiary/aromatic N) is 3. The highest BCUT2D eigenvalue weighted by Gasteiger charge is 2.39. The van der Waals surface area contributed by atoms with Crippen LogP contribution in [-0.2, 0) is 4.79 Å². The van der Waals surface area contributed by atoms with Gasteiger partial charge in [-0.2, -0.15) is 0 Å². The monoisotopic (exact) mass is 368 g/mol. The minimum absolute atomic E-state index is 0.302. The van der Waals surface area contributed by atoms with Crippen molar-refractivity contribution in [3.8, 4) is 5.75 Å². The summed E-state index contributed by atoms with van der Waals surface area (Å²) in [5.74, 6) is 0.740. The van der Waals surface area contributed by atoms with Crippen LogP contribution in [0.1, 0.15) is 24.7 Å². The molecule has 134 valence electrons. The minimum atomic E-state index is -0.342. The number of benzene rings is 1. The summed E-state index contributed by atoms with van der Waals surface area (Å²) in [4.78, 5) is 24.6. The van der Waals surface area contributed by atoms with Crippen LogP contribution in [0.25, 0.3) is 10.2 Å². The van der Waals surface area contributed by atoms with Crippen LogP contribution in [0.5, 0.6) is 5.75 Å². The Morgan fingerprint density at radius 2 is 2.19 bits per heavy atom. The van der Waals surface area contributed by atoms with Gasteiger partial charge >= 0.3 is 0 Å². The fraction of sp³-hybridized carbons (Fsp3) is 0.316. The van der Waals surface area contributed by atoms with Gasteiger partial charge in [0.05, 0.1) is 18.7 Å². The van der Waals surface area contributed by atoms with Gasteiger partial charge in [0.2, 0.25) is 5.91 Å². The number of amides is 1. The summed E-state index contributed by atoms with van der Waals surface area (Å²) in [5.41, 5.74) is 6.68. The molecule has 1 fully saturated rings. The van der Waals surface area contributed by atoms with E-state index in [0.717, 1.165) is 41.0 Å². The number of carbonyl (C=O) groups is 1. The minimum Gasteiger partial charge on any atom is -0.495 e. The molecule has 1 aromatic carbocycles. The van der Waals surface area contributed by atoms with Gasteiger partial charge in [0, 0.05) is 18.1 Å². The first-order valence-electron chi connectivity index (χ1n) is 8.58. The lowest BCUT2D eigenvalue weighted by Crippen LogP contribution is -2.45. The fourth-order valence-electron chi connectivity index (χ4n) is 3.66. The van der Waals surface area contributed by atoms with Crippen LogP contribution < -0.4 is 15.4 Å². The van der Waals surface area contributed by atoms with E-state index in [1.807, 2.05) is 41.9 Å². The third-order valence-corrected chi connectivity index (χ3v) is 5.70. The molecular weight excluding hydrogens is 348 g/mol. The first-order valence-corrected chi connectivity index (χ1v) is 9.46. The van der Waals surface area contributed by atoms with Crippen molar-refractivity contribution in [1.29, 1.82) is 0 Å². The number of anilines is 1. The Kier molecular flexibility index (Phi) is 4.46. The van der Waals surface area contributed by atoms with E-state index in [9.17, 15) is 4.79 Å². The van der Waals surface area contributed by atoms with Gasteiger partial charge in [0.15, 0.2) is 5.82 Å². The number of aromatic nitrogens is 2. The number of piperidine rings is 1. The zero-order valence-electron chi connectivity index (χ0n) is 14.5. The van der Waals surface area contributed by atoms with Gasteiger partial charge < -0.3 is 15.4 Å². The summed E-state index contributed by atoms with van der Waals surface area (Å²) in [5, 5.41) is 3.00. The molecule has 2 N–H and O–H groups in total. The van der Waals surface area contributed by atoms with Crippen molar-refractivity contribution in [3.05, 3.63) is 47.7 Å². The smallest absolute Gasteiger partial charge is 0.223 e. The number of ether oxygens (including phenoxy) is 1. The van der Waals surface area contributed by atoms with Gasteiger partial charge in [-0.05, 0) is 36.4 Å². The Morgan fingerprint density at radius 1 is 1.35 bits per heavy atom. The molecular formula is C19H20N4O2S. The molecule has 2 aromatic heterocycles. The van der Waals surface area contributed by atoms with Crippen molar-refractivity contribution in [2.45, 2.75) is 18.9 Å². The number of para-hydroxylation sites is 2. The molecule has 2 unspecified atom stereocenters. The molecule has 3 aromatic rings. The molecule has 3 heterocycles. The number of hydrogen-bond acceptors (Lipinski definition) is 6. The maximum Gasteiger partial charge on any atom is 0.223 e. The van der Waals surface area contributed by atoms with Gasteiger partial charge in [-0.1, -0.05) is 12.1 Å². The quantitative estimate of drug-likeness (QED) is 0.765. The number of thiophene rings is 1. The third kappa shape index (κ3) is 2.88. The van der Waals surface area contributed by atoms with Crippen LogP contribution >= 0.6 is 11.3 Å². The molecule has 1 aliphatic rings. The highest BCUT2D eigenvalue weighted by molar-refractivity contribution is 7.16. The average molecular weight is 368 g/mol. The molecule has 6 nitrogen and oxygen atoms in total. The summed E-state index contributed by atoms with van der Waals surface area (Å²) >= 11 is 1.57.